The van der Waals surface area contributed by atoms with Crippen LogP contribution in [0.25, 0.3) is 22.0 Å². The molecule has 0 saturated carbocycles. The predicted molar refractivity (Wildman–Crippen MR) is 106 cm³/mol. The monoisotopic (exact) mass is 376 g/mol. The smallest absolute Gasteiger partial charge is 0.261 e. The SMILES string of the molecule is O=S(=O)(Nc1ccnc2c(O)cccc12)c1ccc(-c2ccccc2)cc1. The van der Waals surface area contributed by atoms with E-state index in [2.05, 4.69) is 9.71 Å². The highest BCUT2D eigenvalue weighted by Gasteiger charge is 2.16. The molecule has 0 amide bonds. The number of aromatic hydroxyl groups is 1. The second-order valence-electron chi connectivity index (χ2n) is 6.03. The number of phenolic OH excluding ortho intramolecular Hbond substituents is 1. The van der Waals surface area contributed by atoms with Crippen LogP contribution in [-0.2, 0) is 10.0 Å². The minimum Gasteiger partial charge on any atom is -0.506 e. The van der Waals surface area contributed by atoms with Crippen molar-refractivity contribution in [1.29, 1.82) is 0 Å². The van der Waals surface area contributed by atoms with E-state index in [1.807, 2.05) is 30.3 Å². The Morgan fingerprint density at radius 2 is 1.48 bits per heavy atom. The fraction of sp³-hybridized carbons (Fsp3) is 0. The Morgan fingerprint density at radius 3 is 2.22 bits per heavy atom. The Kier molecular flexibility index (Phi) is 4.25. The molecule has 0 aliphatic carbocycles. The lowest BCUT2D eigenvalue weighted by Gasteiger charge is -2.11. The van der Waals surface area contributed by atoms with Crippen LogP contribution in [0, 0.1) is 0 Å². The lowest BCUT2D eigenvalue weighted by atomic mass is 10.1. The number of pyridine rings is 1. The largest absolute Gasteiger partial charge is 0.506 e. The summed E-state index contributed by atoms with van der Waals surface area (Å²) in [7, 11) is -3.78. The highest BCUT2D eigenvalue weighted by atomic mass is 32.2. The van der Waals surface area contributed by atoms with E-state index in [0.717, 1.165) is 11.1 Å². The van der Waals surface area contributed by atoms with Gasteiger partial charge in [-0.05, 0) is 35.4 Å². The quantitative estimate of drug-likeness (QED) is 0.553. The van der Waals surface area contributed by atoms with Crippen LogP contribution in [0.5, 0.6) is 5.75 Å². The summed E-state index contributed by atoms with van der Waals surface area (Å²) in [5, 5.41) is 10.4. The first kappa shape index (κ1) is 17.1. The minimum absolute atomic E-state index is 0.000706. The van der Waals surface area contributed by atoms with Gasteiger partial charge in [0.05, 0.1) is 10.6 Å². The van der Waals surface area contributed by atoms with Gasteiger partial charge >= 0.3 is 0 Å². The molecule has 4 aromatic rings. The zero-order valence-electron chi connectivity index (χ0n) is 14.2. The molecule has 27 heavy (non-hydrogen) atoms. The number of hydrogen-bond acceptors (Lipinski definition) is 4. The molecule has 4 rings (SSSR count). The topological polar surface area (TPSA) is 79.3 Å². The Bertz CT molecular complexity index is 1210. The fourth-order valence-corrected chi connectivity index (χ4v) is 3.99. The van der Waals surface area contributed by atoms with Gasteiger partial charge in [0.2, 0.25) is 0 Å². The maximum Gasteiger partial charge on any atom is 0.261 e. The van der Waals surface area contributed by atoms with Crippen LogP contribution < -0.4 is 4.72 Å². The molecule has 1 aromatic heterocycles. The van der Waals surface area contributed by atoms with Crippen molar-refractivity contribution in [3.8, 4) is 16.9 Å². The number of rotatable bonds is 4. The number of phenols is 1. The molecule has 0 fully saturated rings. The number of nitrogens with zero attached hydrogens (tertiary/aromatic N) is 1. The van der Waals surface area contributed by atoms with Crippen molar-refractivity contribution in [2.75, 3.05) is 4.72 Å². The molecule has 6 heteroatoms. The van der Waals surface area contributed by atoms with Crippen LogP contribution in [0.1, 0.15) is 0 Å². The first-order chi connectivity index (χ1) is 13.0. The van der Waals surface area contributed by atoms with Gasteiger partial charge in [-0.25, -0.2) is 8.42 Å². The third kappa shape index (κ3) is 3.35. The number of anilines is 1. The number of fused-ring (bicyclic) bond motifs is 1. The molecule has 0 atom stereocenters. The van der Waals surface area contributed by atoms with Crippen LogP contribution in [0.3, 0.4) is 0 Å². The Hall–Kier alpha value is -3.38. The van der Waals surface area contributed by atoms with E-state index in [4.69, 9.17) is 0 Å². The van der Waals surface area contributed by atoms with E-state index in [9.17, 15) is 13.5 Å². The van der Waals surface area contributed by atoms with Gasteiger partial charge < -0.3 is 5.11 Å². The maximum atomic E-state index is 12.8. The summed E-state index contributed by atoms with van der Waals surface area (Å²) in [6, 6.07) is 22.9. The number of hydrogen-bond donors (Lipinski definition) is 2. The summed E-state index contributed by atoms with van der Waals surface area (Å²) in [6.45, 7) is 0. The van der Waals surface area contributed by atoms with Crippen molar-refractivity contribution in [3.63, 3.8) is 0 Å². The number of aromatic nitrogens is 1. The predicted octanol–water partition coefficient (Wildman–Crippen LogP) is 4.41. The molecule has 5 nitrogen and oxygen atoms in total. The van der Waals surface area contributed by atoms with E-state index in [-0.39, 0.29) is 10.6 Å². The lowest BCUT2D eigenvalue weighted by Crippen LogP contribution is -2.13. The van der Waals surface area contributed by atoms with Gasteiger partial charge in [-0.1, -0.05) is 54.6 Å². The van der Waals surface area contributed by atoms with Gasteiger partial charge in [0.15, 0.2) is 0 Å². The molecule has 0 spiro atoms. The lowest BCUT2D eigenvalue weighted by molar-refractivity contribution is 0.480. The second kappa shape index (κ2) is 6.74. The minimum atomic E-state index is -3.78. The summed E-state index contributed by atoms with van der Waals surface area (Å²) in [4.78, 5) is 4.26. The van der Waals surface area contributed by atoms with E-state index in [1.54, 1.807) is 42.5 Å². The number of benzene rings is 3. The van der Waals surface area contributed by atoms with Gasteiger partial charge in [-0.3, -0.25) is 9.71 Å². The molecule has 0 bridgehead atoms. The normalized spacial score (nSPS) is 11.4. The molecule has 0 aliphatic rings. The van der Waals surface area contributed by atoms with Crippen molar-refractivity contribution in [2.45, 2.75) is 4.90 Å². The Labute approximate surface area is 157 Å². The number of nitrogens with one attached hydrogen (secondary N) is 1. The average molecular weight is 376 g/mol. The zero-order chi connectivity index (χ0) is 18.9. The third-order valence-electron chi connectivity index (χ3n) is 4.27. The molecule has 0 saturated heterocycles. The van der Waals surface area contributed by atoms with Crippen molar-refractivity contribution < 1.29 is 13.5 Å². The molecular weight excluding hydrogens is 360 g/mol. The summed E-state index contributed by atoms with van der Waals surface area (Å²) < 4.78 is 28.2. The van der Waals surface area contributed by atoms with Crippen molar-refractivity contribution >= 4 is 26.6 Å². The molecule has 1 heterocycles. The summed E-state index contributed by atoms with van der Waals surface area (Å²) in [5.74, 6) is 0.000706. The molecular formula is C21H16N2O3S. The standard InChI is InChI=1S/C21H16N2O3S/c24-20-8-4-7-18-19(13-14-22-21(18)20)23-27(25,26)17-11-9-16(10-12-17)15-5-2-1-3-6-15/h1-14,24H,(H,22,23). The fourth-order valence-electron chi connectivity index (χ4n) is 2.91. The first-order valence-corrected chi connectivity index (χ1v) is 9.78. The van der Waals surface area contributed by atoms with Crippen molar-refractivity contribution in [3.05, 3.63) is 85.1 Å². The van der Waals surface area contributed by atoms with Crippen LogP contribution in [0.15, 0.2) is 90.0 Å². The highest BCUT2D eigenvalue weighted by Crippen LogP contribution is 2.29. The van der Waals surface area contributed by atoms with E-state index < -0.39 is 10.0 Å². The van der Waals surface area contributed by atoms with E-state index >= 15 is 0 Å². The van der Waals surface area contributed by atoms with Gasteiger partial charge in [0.1, 0.15) is 11.3 Å². The zero-order valence-corrected chi connectivity index (χ0v) is 15.0. The molecule has 0 unspecified atom stereocenters. The van der Waals surface area contributed by atoms with E-state index in [0.29, 0.717) is 16.6 Å². The van der Waals surface area contributed by atoms with Crippen molar-refractivity contribution in [2.24, 2.45) is 0 Å². The number of sulfonamides is 1. The Balaban J connectivity index is 1.68. The second-order valence-corrected chi connectivity index (χ2v) is 7.71. The highest BCUT2D eigenvalue weighted by molar-refractivity contribution is 7.92. The van der Waals surface area contributed by atoms with Gasteiger partial charge in [0, 0.05) is 11.6 Å². The Morgan fingerprint density at radius 1 is 0.778 bits per heavy atom. The first-order valence-electron chi connectivity index (χ1n) is 8.30. The van der Waals surface area contributed by atoms with Gasteiger partial charge in [-0.2, -0.15) is 0 Å². The molecule has 0 radical (unpaired) electrons. The molecule has 3 aromatic carbocycles. The van der Waals surface area contributed by atoms with Gasteiger partial charge in [0.25, 0.3) is 10.0 Å². The summed E-state index contributed by atoms with van der Waals surface area (Å²) in [6.07, 6.45) is 1.46. The van der Waals surface area contributed by atoms with Crippen molar-refractivity contribution in [1.82, 2.24) is 4.98 Å². The average Bonchev–Trinajstić information content (AvgIpc) is 2.69. The van der Waals surface area contributed by atoms with Gasteiger partial charge in [-0.15, -0.1) is 0 Å². The van der Waals surface area contributed by atoms with Crippen LogP contribution in [0.2, 0.25) is 0 Å². The van der Waals surface area contributed by atoms with Crippen LogP contribution >= 0.6 is 0 Å². The third-order valence-corrected chi connectivity index (χ3v) is 5.65. The maximum absolute atomic E-state index is 12.8. The number of para-hydroxylation sites is 1. The summed E-state index contributed by atoms with van der Waals surface area (Å²) in [5.41, 5.74) is 2.67. The van der Waals surface area contributed by atoms with Crippen LogP contribution in [-0.4, -0.2) is 18.5 Å². The van der Waals surface area contributed by atoms with Crippen LogP contribution in [0.4, 0.5) is 5.69 Å². The van der Waals surface area contributed by atoms with E-state index in [1.165, 1.54) is 12.3 Å². The molecule has 2 N–H and O–H groups in total. The molecule has 0 aliphatic heterocycles. The molecule has 134 valence electrons. The summed E-state index contributed by atoms with van der Waals surface area (Å²) >= 11 is 0.